The molecule has 0 bridgehead atoms. The monoisotopic (exact) mass is 330 g/mol. The smallest absolute Gasteiger partial charge is 0.339 e. The fourth-order valence-corrected chi connectivity index (χ4v) is 3.32. The quantitative estimate of drug-likeness (QED) is 0.606. The molecule has 1 fully saturated rings. The number of carbonyl (C=O) groups is 2. The average molecular weight is 330 g/mol. The summed E-state index contributed by atoms with van der Waals surface area (Å²) in [6.07, 6.45) is 2.71. The van der Waals surface area contributed by atoms with Crippen molar-refractivity contribution in [1.29, 1.82) is 0 Å². The molecule has 0 aromatic heterocycles. The van der Waals surface area contributed by atoms with Crippen LogP contribution in [0, 0.1) is 11.8 Å². The van der Waals surface area contributed by atoms with Crippen molar-refractivity contribution >= 4 is 11.9 Å². The number of hydrogen-bond donors (Lipinski definition) is 0. The van der Waals surface area contributed by atoms with Crippen LogP contribution in [0.4, 0.5) is 0 Å². The third kappa shape index (κ3) is 3.69. The predicted molar refractivity (Wildman–Crippen MR) is 92.9 cm³/mol. The molecule has 1 saturated carbocycles. The summed E-state index contributed by atoms with van der Waals surface area (Å²) >= 11 is 0. The molecule has 0 N–H and O–H groups in total. The van der Waals surface area contributed by atoms with Gasteiger partial charge in [-0.25, -0.2) is 9.59 Å². The first-order valence-electron chi connectivity index (χ1n) is 8.34. The molecule has 24 heavy (non-hydrogen) atoms. The fraction of sp³-hybridized carbons (Fsp3) is 0.500. The summed E-state index contributed by atoms with van der Waals surface area (Å²) in [4.78, 5) is 24.5. The highest BCUT2D eigenvalue weighted by atomic mass is 16.6. The lowest BCUT2D eigenvalue weighted by Crippen LogP contribution is -2.43. The molecule has 2 rings (SSSR count). The second-order valence-electron chi connectivity index (χ2n) is 6.96. The van der Waals surface area contributed by atoms with Crippen molar-refractivity contribution in [3.63, 3.8) is 0 Å². The number of benzene rings is 1. The highest BCUT2D eigenvalue weighted by Gasteiger charge is 2.41. The Bertz CT molecular complexity index is 649. The van der Waals surface area contributed by atoms with E-state index in [1.165, 1.54) is 12.7 Å². The van der Waals surface area contributed by atoms with Gasteiger partial charge in [-0.15, -0.1) is 0 Å². The third-order valence-corrected chi connectivity index (χ3v) is 5.24. The van der Waals surface area contributed by atoms with Gasteiger partial charge in [0.1, 0.15) is 5.60 Å². The highest BCUT2D eigenvalue weighted by Crippen LogP contribution is 2.42. The van der Waals surface area contributed by atoms with Gasteiger partial charge in [0.15, 0.2) is 0 Å². The lowest BCUT2D eigenvalue weighted by atomic mass is 9.71. The van der Waals surface area contributed by atoms with E-state index in [0.29, 0.717) is 5.92 Å². The van der Waals surface area contributed by atoms with E-state index in [0.717, 1.165) is 19.3 Å². The van der Waals surface area contributed by atoms with Crippen molar-refractivity contribution in [2.45, 2.75) is 45.6 Å². The predicted octanol–water partition coefficient (Wildman–Crippen LogP) is 4.40. The van der Waals surface area contributed by atoms with E-state index in [-0.39, 0.29) is 17.0 Å². The second kappa shape index (κ2) is 7.20. The number of allylic oxidation sites excluding steroid dienone is 1. The molecule has 3 atom stereocenters. The van der Waals surface area contributed by atoms with E-state index in [1.54, 1.807) is 24.3 Å². The Kier molecular flexibility index (Phi) is 5.47. The van der Waals surface area contributed by atoms with Gasteiger partial charge in [0.2, 0.25) is 0 Å². The molecular formula is C20H26O4. The lowest BCUT2D eigenvalue weighted by molar-refractivity contribution is -0.0617. The van der Waals surface area contributed by atoms with Gasteiger partial charge < -0.3 is 9.47 Å². The number of esters is 2. The van der Waals surface area contributed by atoms with Crippen LogP contribution < -0.4 is 0 Å². The molecule has 1 aliphatic rings. The molecule has 0 heterocycles. The van der Waals surface area contributed by atoms with Crippen molar-refractivity contribution in [1.82, 2.24) is 0 Å². The zero-order chi connectivity index (χ0) is 17.9. The summed E-state index contributed by atoms with van der Waals surface area (Å²) in [5.74, 6) is -0.304. The van der Waals surface area contributed by atoms with Crippen LogP contribution in [0.3, 0.4) is 0 Å². The minimum absolute atomic E-state index is 0.224. The largest absolute Gasteiger partial charge is 0.465 e. The van der Waals surface area contributed by atoms with Crippen molar-refractivity contribution in [2.75, 3.05) is 7.11 Å². The summed E-state index contributed by atoms with van der Waals surface area (Å²) in [6.45, 7) is 10.2. The minimum Gasteiger partial charge on any atom is -0.465 e. The summed E-state index contributed by atoms with van der Waals surface area (Å²) in [6, 6.07) is 6.59. The molecule has 130 valence electrons. The number of ether oxygens (including phenoxy) is 2. The van der Waals surface area contributed by atoms with Crippen molar-refractivity contribution in [2.24, 2.45) is 11.8 Å². The molecule has 1 aromatic carbocycles. The molecule has 1 aromatic rings. The van der Waals surface area contributed by atoms with E-state index >= 15 is 0 Å². The van der Waals surface area contributed by atoms with Crippen LogP contribution in [0.5, 0.6) is 0 Å². The Morgan fingerprint density at radius 3 is 2.29 bits per heavy atom. The maximum atomic E-state index is 12.7. The van der Waals surface area contributed by atoms with Gasteiger partial charge in [0, 0.05) is 0 Å². The Labute approximate surface area is 143 Å². The van der Waals surface area contributed by atoms with Crippen molar-refractivity contribution in [3.8, 4) is 0 Å². The standard InChI is InChI=1S/C20H26O4/c1-13(2)15-10-11-20(4,14(3)12-15)24-19(22)17-9-7-6-8-16(17)18(21)23-5/h6-9,14-15H,1,10-12H2,2-5H3/t14?,15-,20-/m1/s1. The molecule has 1 aliphatic carbocycles. The SMILES string of the molecule is C=C(C)[C@@H]1CC[C@@](C)(OC(=O)c2ccccc2C(=O)OC)C(C)C1. The Hall–Kier alpha value is -2.10. The van der Waals surface area contributed by atoms with Gasteiger partial charge >= 0.3 is 11.9 Å². The zero-order valence-electron chi connectivity index (χ0n) is 14.9. The summed E-state index contributed by atoms with van der Waals surface area (Å²) < 4.78 is 10.6. The maximum absolute atomic E-state index is 12.7. The van der Waals surface area contributed by atoms with E-state index in [9.17, 15) is 9.59 Å². The van der Waals surface area contributed by atoms with Crippen LogP contribution in [0.25, 0.3) is 0 Å². The normalized spacial score (nSPS) is 26.5. The molecule has 0 saturated heterocycles. The topological polar surface area (TPSA) is 52.6 Å². The Morgan fingerprint density at radius 2 is 1.79 bits per heavy atom. The lowest BCUT2D eigenvalue weighted by Gasteiger charge is -2.42. The third-order valence-electron chi connectivity index (χ3n) is 5.24. The first-order valence-corrected chi connectivity index (χ1v) is 8.34. The molecule has 4 heteroatoms. The fourth-order valence-electron chi connectivity index (χ4n) is 3.32. The number of carbonyl (C=O) groups excluding carboxylic acids is 2. The van der Waals surface area contributed by atoms with E-state index in [4.69, 9.17) is 9.47 Å². The van der Waals surface area contributed by atoms with Crippen LogP contribution in [-0.4, -0.2) is 24.6 Å². The first-order chi connectivity index (χ1) is 11.3. The van der Waals surface area contributed by atoms with Crippen LogP contribution in [0.15, 0.2) is 36.4 Å². The number of rotatable bonds is 4. The van der Waals surface area contributed by atoms with Gasteiger partial charge in [-0.2, -0.15) is 0 Å². The average Bonchev–Trinajstić information content (AvgIpc) is 2.56. The van der Waals surface area contributed by atoms with Crippen LogP contribution in [0.2, 0.25) is 0 Å². The van der Waals surface area contributed by atoms with Gasteiger partial charge in [0.25, 0.3) is 0 Å². The minimum atomic E-state index is -0.535. The van der Waals surface area contributed by atoms with Gasteiger partial charge in [-0.1, -0.05) is 31.2 Å². The summed E-state index contributed by atoms with van der Waals surface area (Å²) in [7, 11) is 1.30. The first kappa shape index (κ1) is 18.2. The van der Waals surface area contributed by atoms with Gasteiger partial charge in [-0.3, -0.25) is 0 Å². The maximum Gasteiger partial charge on any atom is 0.339 e. The molecule has 0 amide bonds. The Balaban J connectivity index is 2.18. The van der Waals surface area contributed by atoms with E-state index < -0.39 is 17.5 Å². The summed E-state index contributed by atoms with van der Waals surface area (Å²) in [5, 5.41) is 0. The van der Waals surface area contributed by atoms with Gasteiger partial charge in [0.05, 0.1) is 18.2 Å². The molecule has 0 radical (unpaired) electrons. The zero-order valence-corrected chi connectivity index (χ0v) is 14.9. The highest BCUT2D eigenvalue weighted by molar-refractivity contribution is 6.03. The second-order valence-corrected chi connectivity index (χ2v) is 6.96. The van der Waals surface area contributed by atoms with Crippen molar-refractivity contribution < 1.29 is 19.1 Å². The van der Waals surface area contributed by atoms with Crippen molar-refractivity contribution in [3.05, 3.63) is 47.5 Å². The number of hydrogen-bond acceptors (Lipinski definition) is 4. The van der Waals surface area contributed by atoms with Gasteiger partial charge in [-0.05, 0) is 57.1 Å². The number of methoxy groups -OCH3 is 1. The summed E-state index contributed by atoms with van der Waals surface area (Å²) in [5.41, 5.74) is 1.13. The molecule has 0 spiro atoms. The van der Waals surface area contributed by atoms with Crippen LogP contribution >= 0.6 is 0 Å². The molecule has 0 aliphatic heterocycles. The Morgan fingerprint density at radius 1 is 1.21 bits per heavy atom. The van der Waals surface area contributed by atoms with Crippen LogP contribution in [0.1, 0.15) is 60.7 Å². The van der Waals surface area contributed by atoms with E-state index in [1.807, 2.05) is 6.92 Å². The molecular weight excluding hydrogens is 304 g/mol. The molecule has 1 unspecified atom stereocenters. The van der Waals surface area contributed by atoms with E-state index in [2.05, 4.69) is 20.4 Å². The molecule has 4 nitrogen and oxygen atoms in total. The van der Waals surface area contributed by atoms with Crippen LogP contribution in [-0.2, 0) is 9.47 Å².